The molecule has 5 heteroatoms. The Labute approximate surface area is 175 Å². The highest BCUT2D eigenvalue weighted by atomic mass is 32.2. The van der Waals surface area contributed by atoms with Crippen molar-refractivity contribution in [1.82, 2.24) is 0 Å². The number of hydrogen-bond acceptors (Lipinski definition) is 3. The van der Waals surface area contributed by atoms with Crippen LogP contribution in [0.1, 0.15) is 136 Å². The Kier molecular flexibility index (Phi) is 18.8. The molecule has 0 saturated heterocycles. The largest absolute Gasteiger partial charge is 0.392 e. The summed E-state index contributed by atoms with van der Waals surface area (Å²) < 4.78 is 32.4. The second-order valence-electron chi connectivity index (χ2n) is 8.50. The molecule has 0 aromatic heterocycles. The molecule has 28 heavy (non-hydrogen) atoms. The summed E-state index contributed by atoms with van der Waals surface area (Å²) in [4.78, 5) is 0. The zero-order chi connectivity index (χ0) is 21.1. The fourth-order valence-electron chi connectivity index (χ4n) is 3.86. The Morgan fingerprint density at radius 3 is 1.29 bits per heavy atom. The minimum absolute atomic E-state index is 0.363. The summed E-state index contributed by atoms with van der Waals surface area (Å²) in [5.74, 6) is 0. The quantitative estimate of drug-likeness (QED) is 0.154. The predicted octanol–water partition coefficient (Wildman–Crippen LogP) is 7.06. The van der Waals surface area contributed by atoms with Crippen LogP contribution in [0.2, 0.25) is 0 Å². The normalized spacial score (nSPS) is 14.3. The molecular formula is C23H48O4S. The lowest BCUT2D eigenvalue weighted by Crippen LogP contribution is -2.33. The van der Waals surface area contributed by atoms with Gasteiger partial charge in [-0.1, -0.05) is 123 Å². The van der Waals surface area contributed by atoms with Crippen LogP contribution in [0.25, 0.3) is 0 Å². The summed E-state index contributed by atoms with van der Waals surface area (Å²) >= 11 is 0. The van der Waals surface area contributed by atoms with Crippen LogP contribution in [0.3, 0.4) is 0 Å². The van der Waals surface area contributed by atoms with Gasteiger partial charge in [-0.15, -0.1) is 0 Å². The summed E-state index contributed by atoms with van der Waals surface area (Å²) in [5, 5.41) is 9.04. The van der Waals surface area contributed by atoms with Gasteiger partial charge >= 0.3 is 0 Å². The molecular weight excluding hydrogens is 372 g/mol. The van der Waals surface area contributed by atoms with Crippen LogP contribution in [0.4, 0.5) is 0 Å². The van der Waals surface area contributed by atoms with Crippen molar-refractivity contribution in [3.8, 4) is 0 Å². The summed E-state index contributed by atoms with van der Waals surface area (Å²) in [6.07, 6.45) is 20.6. The van der Waals surface area contributed by atoms with E-state index in [2.05, 4.69) is 6.92 Å². The summed E-state index contributed by atoms with van der Waals surface area (Å²) in [7, 11) is -4.16. The maximum atomic E-state index is 11.5. The summed E-state index contributed by atoms with van der Waals surface area (Å²) in [6, 6.07) is 0. The van der Waals surface area contributed by atoms with E-state index in [4.69, 9.17) is 0 Å². The third-order valence-corrected chi connectivity index (χ3v) is 7.07. The molecule has 0 rings (SSSR count). The topological polar surface area (TPSA) is 74.6 Å². The van der Waals surface area contributed by atoms with E-state index in [1.54, 1.807) is 0 Å². The highest BCUT2D eigenvalue weighted by Gasteiger charge is 2.29. The molecule has 0 amide bonds. The van der Waals surface area contributed by atoms with E-state index in [-0.39, 0.29) is 0 Å². The molecule has 0 bridgehead atoms. The lowest BCUT2D eigenvalue weighted by atomic mass is 10.0. The predicted molar refractivity (Wildman–Crippen MR) is 120 cm³/mol. The SMILES string of the molecule is CCCCCCCCCCCCCCCCCC(C(O)CCCC)S(=O)(=O)O. The van der Waals surface area contributed by atoms with Gasteiger partial charge in [0.05, 0.1) is 6.10 Å². The Hall–Kier alpha value is -0.130. The number of rotatable bonds is 21. The van der Waals surface area contributed by atoms with Crippen LogP contribution in [0.15, 0.2) is 0 Å². The lowest BCUT2D eigenvalue weighted by molar-refractivity contribution is 0.147. The van der Waals surface area contributed by atoms with E-state index in [1.165, 1.54) is 77.0 Å². The van der Waals surface area contributed by atoms with E-state index in [1.807, 2.05) is 6.92 Å². The molecule has 0 heterocycles. The first-order valence-corrected chi connectivity index (χ1v) is 13.6. The van der Waals surface area contributed by atoms with Gasteiger partial charge in [0.15, 0.2) is 0 Å². The van der Waals surface area contributed by atoms with E-state index in [9.17, 15) is 18.1 Å². The molecule has 0 fully saturated rings. The molecule has 0 aliphatic heterocycles. The minimum atomic E-state index is -4.16. The monoisotopic (exact) mass is 420 g/mol. The lowest BCUT2D eigenvalue weighted by Gasteiger charge is -2.20. The number of aliphatic hydroxyl groups is 1. The number of aliphatic hydroxyl groups excluding tert-OH is 1. The Bertz CT molecular complexity index is 422. The van der Waals surface area contributed by atoms with E-state index in [0.29, 0.717) is 12.8 Å². The van der Waals surface area contributed by atoms with Gasteiger partial charge in [-0.3, -0.25) is 4.55 Å². The molecule has 2 unspecified atom stereocenters. The maximum Gasteiger partial charge on any atom is 0.270 e. The molecule has 0 aliphatic carbocycles. The Morgan fingerprint density at radius 1 is 0.571 bits per heavy atom. The van der Waals surface area contributed by atoms with Gasteiger partial charge in [-0.25, -0.2) is 0 Å². The smallest absolute Gasteiger partial charge is 0.270 e. The van der Waals surface area contributed by atoms with Crippen molar-refractivity contribution in [2.45, 2.75) is 147 Å². The molecule has 0 saturated carbocycles. The Morgan fingerprint density at radius 2 is 0.929 bits per heavy atom. The average Bonchev–Trinajstić information content (AvgIpc) is 2.64. The minimum Gasteiger partial charge on any atom is -0.392 e. The van der Waals surface area contributed by atoms with Gasteiger partial charge < -0.3 is 5.11 Å². The van der Waals surface area contributed by atoms with Crippen LogP contribution in [-0.4, -0.2) is 29.4 Å². The van der Waals surface area contributed by atoms with Crippen LogP contribution >= 0.6 is 0 Å². The molecule has 0 aliphatic rings. The first kappa shape index (κ1) is 27.9. The third kappa shape index (κ3) is 16.8. The van der Waals surface area contributed by atoms with Gasteiger partial charge in [0, 0.05) is 0 Å². The van der Waals surface area contributed by atoms with Crippen molar-refractivity contribution >= 4 is 10.1 Å². The van der Waals surface area contributed by atoms with Gasteiger partial charge in [0.2, 0.25) is 0 Å². The first-order valence-electron chi connectivity index (χ1n) is 12.1. The Balaban J connectivity index is 3.56. The van der Waals surface area contributed by atoms with Crippen molar-refractivity contribution in [2.75, 3.05) is 0 Å². The third-order valence-electron chi connectivity index (χ3n) is 5.76. The molecule has 2 N–H and O–H groups in total. The molecule has 170 valence electrons. The fraction of sp³-hybridized carbons (Fsp3) is 1.00. The first-order chi connectivity index (χ1) is 13.4. The molecule has 0 aromatic rings. The van der Waals surface area contributed by atoms with Crippen LogP contribution in [-0.2, 0) is 10.1 Å². The molecule has 0 radical (unpaired) electrons. The van der Waals surface area contributed by atoms with Crippen molar-refractivity contribution in [1.29, 1.82) is 0 Å². The van der Waals surface area contributed by atoms with Crippen molar-refractivity contribution in [3.63, 3.8) is 0 Å². The highest BCUT2D eigenvalue weighted by Crippen LogP contribution is 2.19. The number of unbranched alkanes of at least 4 members (excludes halogenated alkanes) is 15. The van der Waals surface area contributed by atoms with Crippen molar-refractivity contribution in [2.24, 2.45) is 0 Å². The van der Waals surface area contributed by atoms with E-state index >= 15 is 0 Å². The standard InChI is InChI=1S/C23H48O4S/c1-3-5-7-8-9-10-11-12-13-14-15-16-17-18-19-21-23(28(25,26)27)22(24)20-6-4-2/h22-24H,3-21H2,1-2H3,(H,25,26,27). The summed E-state index contributed by atoms with van der Waals surface area (Å²) in [5.41, 5.74) is 0. The van der Waals surface area contributed by atoms with Gasteiger partial charge in [0.1, 0.15) is 5.25 Å². The summed E-state index contributed by atoms with van der Waals surface area (Å²) in [6.45, 7) is 4.26. The second kappa shape index (κ2) is 18.9. The molecule has 0 aromatic carbocycles. The average molecular weight is 421 g/mol. The van der Waals surface area contributed by atoms with Crippen molar-refractivity contribution in [3.05, 3.63) is 0 Å². The van der Waals surface area contributed by atoms with Crippen LogP contribution in [0.5, 0.6) is 0 Å². The van der Waals surface area contributed by atoms with Gasteiger partial charge in [0.25, 0.3) is 10.1 Å². The van der Waals surface area contributed by atoms with E-state index < -0.39 is 21.5 Å². The fourth-order valence-corrected chi connectivity index (χ4v) is 4.85. The van der Waals surface area contributed by atoms with E-state index in [0.717, 1.165) is 32.1 Å². The van der Waals surface area contributed by atoms with Gasteiger partial charge in [-0.2, -0.15) is 8.42 Å². The van der Waals surface area contributed by atoms with Crippen molar-refractivity contribution < 1.29 is 18.1 Å². The van der Waals surface area contributed by atoms with Crippen LogP contribution < -0.4 is 0 Å². The number of hydrogen-bond donors (Lipinski definition) is 2. The zero-order valence-electron chi connectivity index (χ0n) is 18.7. The molecule has 0 spiro atoms. The molecule has 4 nitrogen and oxygen atoms in total. The molecule has 2 atom stereocenters. The second-order valence-corrected chi connectivity index (χ2v) is 10.1. The van der Waals surface area contributed by atoms with Gasteiger partial charge in [-0.05, 0) is 12.8 Å². The highest BCUT2D eigenvalue weighted by molar-refractivity contribution is 7.86. The zero-order valence-corrected chi connectivity index (χ0v) is 19.5. The van der Waals surface area contributed by atoms with Crippen LogP contribution in [0, 0.1) is 0 Å². The maximum absolute atomic E-state index is 11.5.